The number of hydrogen-bond donors (Lipinski definition) is 0. The standard InChI is InChI=1S/C17H27N3O3/c1-12(2)20-14(6-9-18-20)16(21)19-10-8-17(23-4)7-5-13(22-3)11-15(17)19/h6,9,12-13,15H,5,7-8,10-11H2,1-4H3/t13?,15?,17-/m1/s1. The number of fused-ring (bicyclic) bond motifs is 1. The number of amides is 1. The number of likely N-dealkylation sites (tertiary alicyclic amines) is 1. The van der Waals surface area contributed by atoms with Crippen molar-refractivity contribution in [2.24, 2.45) is 0 Å². The Balaban J connectivity index is 1.87. The molecule has 1 amide bonds. The molecule has 1 aromatic heterocycles. The summed E-state index contributed by atoms with van der Waals surface area (Å²) >= 11 is 0. The van der Waals surface area contributed by atoms with Crippen LogP contribution in [0.5, 0.6) is 0 Å². The highest BCUT2D eigenvalue weighted by Gasteiger charge is 2.53. The Hall–Kier alpha value is -1.40. The van der Waals surface area contributed by atoms with Crippen molar-refractivity contribution >= 4 is 5.91 Å². The molecule has 1 saturated heterocycles. The van der Waals surface area contributed by atoms with Crippen molar-refractivity contribution < 1.29 is 14.3 Å². The smallest absolute Gasteiger partial charge is 0.272 e. The fourth-order valence-corrected chi connectivity index (χ4v) is 4.16. The van der Waals surface area contributed by atoms with E-state index in [0.717, 1.165) is 32.2 Å². The zero-order chi connectivity index (χ0) is 16.6. The van der Waals surface area contributed by atoms with Crippen LogP contribution in [0.3, 0.4) is 0 Å². The second kappa shape index (κ2) is 6.24. The molecule has 0 spiro atoms. The lowest BCUT2D eigenvalue weighted by molar-refractivity contribution is -0.0894. The van der Waals surface area contributed by atoms with E-state index in [1.54, 1.807) is 25.1 Å². The van der Waals surface area contributed by atoms with E-state index < -0.39 is 0 Å². The number of ether oxygens (including phenoxy) is 2. The van der Waals surface area contributed by atoms with Gasteiger partial charge in [0.05, 0.1) is 17.7 Å². The van der Waals surface area contributed by atoms with E-state index in [4.69, 9.17) is 9.47 Å². The Morgan fingerprint density at radius 3 is 2.83 bits per heavy atom. The third kappa shape index (κ3) is 2.68. The van der Waals surface area contributed by atoms with Gasteiger partial charge in [0.25, 0.3) is 5.91 Å². The van der Waals surface area contributed by atoms with Gasteiger partial charge >= 0.3 is 0 Å². The van der Waals surface area contributed by atoms with Gasteiger partial charge in [0.2, 0.25) is 0 Å². The van der Waals surface area contributed by atoms with Gasteiger partial charge in [0.15, 0.2) is 0 Å². The van der Waals surface area contributed by atoms with Gasteiger partial charge in [-0.15, -0.1) is 0 Å². The number of hydrogen-bond acceptors (Lipinski definition) is 4. The van der Waals surface area contributed by atoms with E-state index >= 15 is 0 Å². The minimum absolute atomic E-state index is 0.0527. The second-order valence-corrected chi connectivity index (χ2v) is 6.92. The van der Waals surface area contributed by atoms with Crippen LogP contribution in [-0.4, -0.2) is 59.1 Å². The van der Waals surface area contributed by atoms with Crippen molar-refractivity contribution in [1.29, 1.82) is 0 Å². The highest BCUT2D eigenvalue weighted by atomic mass is 16.5. The molecule has 2 fully saturated rings. The summed E-state index contributed by atoms with van der Waals surface area (Å²) in [5.41, 5.74) is 0.444. The number of nitrogens with zero attached hydrogens (tertiary/aromatic N) is 3. The molecule has 3 atom stereocenters. The monoisotopic (exact) mass is 321 g/mol. The van der Waals surface area contributed by atoms with Crippen molar-refractivity contribution in [3.05, 3.63) is 18.0 Å². The van der Waals surface area contributed by atoms with Gasteiger partial charge in [-0.2, -0.15) is 5.10 Å². The lowest BCUT2D eigenvalue weighted by atomic mass is 9.79. The normalized spacial score (nSPS) is 30.7. The van der Waals surface area contributed by atoms with Crippen molar-refractivity contribution in [2.75, 3.05) is 20.8 Å². The molecule has 0 aromatic carbocycles. The molecule has 2 unspecified atom stereocenters. The molecule has 6 heteroatoms. The summed E-state index contributed by atoms with van der Waals surface area (Å²) in [4.78, 5) is 15.1. The molecule has 0 bridgehead atoms. The molecule has 23 heavy (non-hydrogen) atoms. The zero-order valence-electron chi connectivity index (χ0n) is 14.5. The Kier molecular flexibility index (Phi) is 4.47. The summed E-state index contributed by atoms with van der Waals surface area (Å²) in [5, 5.41) is 4.29. The van der Waals surface area contributed by atoms with Crippen LogP contribution in [0.1, 0.15) is 56.1 Å². The molecule has 128 valence electrons. The maximum atomic E-state index is 13.1. The largest absolute Gasteiger partial charge is 0.381 e. The van der Waals surface area contributed by atoms with Crippen molar-refractivity contribution in [2.45, 2.75) is 63.3 Å². The molecular weight excluding hydrogens is 294 g/mol. The Labute approximate surface area is 137 Å². The minimum Gasteiger partial charge on any atom is -0.381 e. The Morgan fingerprint density at radius 2 is 2.17 bits per heavy atom. The zero-order valence-corrected chi connectivity index (χ0v) is 14.5. The summed E-state index contributed by atoms with van der Waals surface area (Å²) < 4.78 is 13.3. The molecule has 1 saturated carbocycles. The van der Waals surface area contributed by atoms with Crippen LogP contribution in [0.2, 0.25) is 0 Å². The van der Waals surface area contributed by atoms with Gasteiger partial charge in [-0.05, 0) is 45.6 Å². The number of carbonyl (C=O) groups excluding carboxylic acids is 1. The van der Waals surface area contributed by atoms with E-state index in [-0.39, 0.29) is 29.7 Å². The number of aromatic nitrogens is 2. The van der Waals surface area contributed by atoms with Gasteiger partial charge in [0, 0.05) is 33.0 Å². The fourth-order valence-electron chi connectivity index (χ4n) is 4.16. The maximum absolute atomic E-state index is 13.1. The highest BCUT2D eigenvalue weighted by Crippen LogP contribution is 2.43. The molecule has 1 aromatic rings. The molecule has 2 heterocycles. The molecule has 0 N–H and O–H groups in total. The molecule has 6 nitrogen and oxygen atoms in total. The molecule has 1 aliphatic carbocycles. The van der Waals surface area contributed by atoms with E-state index in [9.17, 15) is 4.79 Å². The van der Waals surface area contributed by atoms with Gasteiger partial charge in [-0.3, -0.25) is 9.48 Å². The van der Waals surface area contributed by atoms with E-state index in [1.807, 2.05) is 24.8 Å². The van der Waals surface area contributed by atoms with Gasteiger partial charge in [-0.1, -0.05) is 0 Å². The number of rotatable bonds is 4. The first-order chi connectivity index (χ1) is 11.0. The van der Waals surface area contributed by atoms with Gasteiger partial charge in [0.1, 0.15) is 5.69 Å². The average molecular weight is 321 g/mol. The summed E-state index contributed by atoms with van der Waals surface area (Å²) in [6, 6.07) is 2.05. The van der Waals surface area contributed by atoms with Crippen LogP contribution >= 0.6 is 0 Å². The first kappa shape index (κ1) is 16.5. The van der Waals surface area contributed by atoms with Crippen LogP contribution in [0.4, 0.5) is 0 Å². The van der Waals surface area contributed by atoms with E-state index in [0.29, 0.717) is 5.69 Å². The predicted octanol–water partition coefficient (Wildman–Crippen LogP) is 2.26. The molecule has 2 aliphatic rings. The SMILES string of the molecule is COC1CC[C@@]2(OC)CCN(C(=O)c3ccnn3C(C)C)C2C1. The van der Waals surface area contributed by atoms with Crippen LogP contribution < -0.4 is 0 Å². The minimum atomic E-state index is -0.215. The second-order valence-electron chi connectivity index (χ2n) is 6.92. The van der Waals surface area contributed by atoms with Gasteiger partial charge < -0.3 is 14.4 Å². The number of methoxy groups -OCH3 is 2. The highest BCUT2D eigenvalue weighted by molar-refractivity contribution is 5.93. The Morgan fingerprint density at radius 1 is 1.39 bits per heavy atom. The van der Waals surface area contributed by atoms with Gasteiger partial charge in [-0.25, -0.2) is 0 Å². The van der Waals surface area contributed by atoms with Crippen molar-refractivity contribution in [3.8, 4) is 0 Å². The summed E-state index contributed by atoms with van der Waals surface area (Å²) in [7, 11) is 3.52. The predicted molar refractivity (Wildman–Crippen MR) is 86.4 cm³/mol. The van der Waals surface area contributed by atoms with E-state index in [1.165, 1.54) is 0 Å². The first-order valence-corrected chi connectivity index (χ1v) is 8.45. The molecular formula is C17H27N3O3. The topological polar surface area (TPSA) is 56.6 Å². The lowest BCUT2D eigenvalue weighted by Crippen LogP contribution is -2.53. The van der Waals surface area contributed by atoms with Crippen molar-refractivity contribution in [3.63, 3.8) is 0 Å². The third-order valence-corrected chi connectivity index (χ3v) is 5.51. The quantitative estimate of drug-likeness (QED) is 0.853. The van der Waals surface area contributed by atoms with Crippen molar-refractivity contribution in [1.82, 2.24) is 14.7 Å². The molecule has 0 radical (unpaired) electrons. The molecule has 1 aliphatic heterocycles. The van der Waals surface area contributed by atoms with Crippen LogP contribution in [0.15, 0.2) is 12.3 Å². The van der Waals surface area contributed by atoms with Crippen LogP contribution in [0.25, 0.3) is 0 Å². The van der Waals surface area contributed by atoms with Crippen LogP contribution in [0, 0.1) is 0 Å². The maximum Gasteiger partial charge on any atom is 0.272 e. The Bertz CT molecular complexity index is 571. The summed E-state index contributed by atoms with van der Waals surface area (Å²) in [6.07, 6.45) is 5.57. The van der Waals surface area contributed by atoms with E-state index in [2.05, 4.69) is 5.10 Å². The first-order valence-electron chi connectivity index (χ1n) is 8.45. The lowest BCUT2D eigenvalue weighted by Gasteiger charge is -2.43. The third-order valence-electron chi connectivity index (χ3n) is 5.51. The fraction of sp³-hybridized carbons (Fsp3) is 0.765. The summed E-state index contributed by atoms with van der Waals surface area (Å²) in [6.45, 7) is 4.81. The number of carbonyl (C=O) groups is 1. The summed E-state index contributed by atoms with van der Waals surface area (Å²) in [5.74, 6) is 0.0527. The molecule has 3 rings (SSSR count). The average Bonchev–Trinajstić information content (AvgIpc) is 3.18. The van der Waals surface area contributed by atoms with Crippen LogP contribution in [-0.2, 0) is 9.47 Å².